The molecule has 2 N–H and O–H groups in total. The van der Waals surface area contributed by atoms with Gasteiger partial charge in [-0.3, -0.25) is 0 Å². The SMILES string of the molecule is O=C([O-])NCCN(C(=O)Nc1ccc(F)cc1C(F)(F)F)c1nc2ccccc2o1. The molecule has 158 valence electrons. The molecule has 0 bridgehead atoms. The van der Waals surface area contributed by atoms with Crippen LogP contribution in [0.1, 0.15) is 5.56 Å². The molecule has 2 aromatic carbocycles. The average molecular weight is 425 g/mol. The minimum atomic E-state index is -4.93. The molecule has 1 heterocycles. The van der Waals surface area contributed by atoms with Crippen molar-refractivity contribution >= 4 is 34.9 Å². The number of rotatable bonds is 5. The van der Waals surface area contributed by atoms with E-state index >= 15 is 0 Å². The van der Waals surface area contributed by atoms with E-state index in [2.05, 4.69) is 4.98 Å². The lowest BCUT2D eigenvalue weighted by Crippen LogP contribution is -2.44. The number of alkyl halides is 3. The van der Waals surface area contributed by atoms with E-state index in [9.17, 15) is 32.3 Å². The number of para-hydroxylation sites is 2. The molecule has 0 radical (unpaired) electrons. The van der Waals surface area contributed by atoms with E-state index in [0.717, 1.165) is 17.0 Å². The first-order chi connectivity index (χ1) is 14.1. The highest BCUT2D eigenvalue weighted by atomic mass is 19.4. The summed E-state index contributed by atoms with van der Waals surface area (Å²) < 4.78 is 58.3. The standard InChI is InChI=1S/C18H14F4N4O4/c19-10-5-6-12(11(9-10)18(20,21)22)24-15(27)26(8-7-23-17(28)29)16-25-13-3-1-2-4-14(13)30-16/h1-6,9,23H,7-8H2,(H,24,27)(H,28,29)/p-1. The topological polar surface area (TPSA) is 111 Å². The molecule has 0 saturated heterocycles. The molecule has 0 atom stereocenters. The highest BCUT2D eigenvalue weighted by Gasteiger charge is 2.35. The Bertz CT molecular complexity index is 1050. The minimum absolute atomic E-state index is 0.247. The lowest BCUT2D eigenvalue weighted by atomic mass is 10.1. The van der Waals surface area contributed by atoms with Gasteiger partial charge in [-0.1, -0.05) is 12.1 Å². The Kier molecular flexibility index (Phi) is 5.76. The maximum absolute atomic E-state index is 13.3. The summed E-state index contributed by atoms with van der Waals surface area (Å²) in [4.78, 5) is 28.1. The van der Waals surface area contributed by atoms with Crippen molar-refractivity contribution in [3.63, 3.8) is 0 Å². The van der Waals surface area contributed by atoms with Gasteiger partial charge in [-0.25, -0.2) is 14.1 Å². The summed E-state index contributed by atoms with van der Waals surface area (Å²) in [5.41, 5.74) is -1.41. The van der Waals surface area contributed by atoms with Crippen LogP contribution in [0.3, 0.4) is 0 Å². The molecule has 8 nitrogen and oxygen atoms in total. The first-order valence-corrected chi connectivity index (χ1v) is 8.41. The van der Waals surface area contributed by atoms with Crippen molar-refractivity contribution in [3.05, 3.63) is 53.8 Å². The van der Waals surface area contributed by atoms with Crippen molar-refractivity contribution in [1.82, 2.24) is 10.3 Å². The van der Waals surface area contributed by atoms with Crippen LogP contribution in [-0.2, 0) is 6.18 Å². The number of amides is 3. The molecule has 3 rings (SSSR count). The van der Waals surface area contributed by atoms with Gasteiger partial charge in [0.2, 0.25) is 0 Å². The fourth-order valence-corrected chi connectivity index (χ4v) is 2.57. The second kappa shape index (κ2) is 8.27. The number of anilines is 2. The third-order valence-electron chi connectivity index (χ3n) is 3.89. The van der Waals surface area contributed by atoms with Crippen LogP contribution in [0.25, 0.3) is 11.1 Å². The number of oxazole rings is 1. The van der Waals surface area contributed by atoms with Crippen LogP contribution in [0.4, 0.5) is 38.9 Å². The van der Waals surface area contributed by atoms with Gasteiger partial charge in [-0.2, -0.15) is 18.2 Å². The van der Waals surface area contributed by atoms with E-state index in [0.29, 0.717) is 11.1 Å². The van der Waals surface area contributed by atoms with Crippen molar-refractivity contribution in [2.45, 2.75) is 6.18 Å². The van der Waals surface area contributed by atoms with Crippen LogP contribution in [-0.4, -0.2) is 30.2 Å². The zero-order valence-electron chi connectivity index (χ0n) is 15.0. The molecular formula is C18H13F4N4O4-. The quantitative estimate of drug-likeness (QED) is 0.611. The molecule has 0 unspecified atom stereocenters. The summed E-state index contributed by atoms with van der Waals surface area (Å²) in [5, 5.41) is 14.5. The number of nitrogens with zero attached hydrogens (tertiary/aromatic N) is 2. The van der Waals surface area contributed by atoms with Gasteiger partial charge in [0.1, 0.15) is 17.4 Å². The Balaban J connectivity index is 1.91. The maximum atomic E-state index is 13.3. The number of hydrogen-bond acceptors (Lipinski definition) is 5. The third-order valence-corrected chi connectivity index (χ3v) is 3.89. The number of carbonyl (C=O) groups is 2. The molecule has 1 aromatic heterocycles. The zero-order valence-corrected chi connectivity index (χ0v) is 15.0. The summed E-state index contributed by atoms with van der Waals surface area (Å²) in [6.07, 6.45) is -6.53. The van der Waals surface area contributed by atoms with Gasteiger partial charge in [0, 0.05) is 13.1 Å². The Morgan fingerprint density at radius 3 is 2.57 bits per heavy atom. The van der Waals surface area contributed by atoms with Crippen molar-refractivity contribution in [3.8, 4) is 0 Å². The predicted molar refractivity (Wildman–Crippen MR) is 95.2 cm³/mol. The lowest BCUT2D eigenvalue weighted by Gasteiger charge is -2.21. The van der Waals surface area contributed by atoms with E-state index < -0.39 is 35.4 Å². The number of hydrogen-bond donors (Lipinski definition) is 2. The molecule has 0 aliphatic rings. The third kappa shape index (κ3) is 4.77. The molecule has 12 heteroatoms. The number of fused-ring (bicyclic) bond motifs is 1. The molecule has 0 spiro atoms. The fraction of sp³-hybridized carbons (Fsp3) is 0.167. The summed E-state index contributed by atoms with van der Waals surface area (Å²) >= 11 is 0. The zero-order chi connectivity index (χ0) is 21.9. The molecule has 30 heavy (non-hydrogen) atoms. The monoisotopic (exact) mass is 425 g/mol. The number of carboxylic acid groups (broad SMARTS) is 1. The van der Waals surface area contributed by atoms with E-state index in [4.69, 9.17) is 4.42 Å². The van der Waals surface area contributed by atoms with Crippen molar-refractivity contribution in [2.24, 2.45) is 0 Å². The van der Waals surface area contributed by atoms with E-state index in [-0.39, 0.29) is 25.2 Å². The molecule has 0 aliphatic heterocycles. The van der Waals surface area contributed by atoms with Gasteiger partial charge >= 0.3 is 18.2 Å². The second-order valence-electron chi connectivity index (χ2n) is 5.95. The first-order valence-electron chi connectivity index (χ1n) is 8.41. The Morgan fingerprint density at radius 1 is 1.17 bits per heavy atom. The molecule has 3 amide bonds. The fourth-order valence-electron chi connectivity index (χ4n) is 2.57. The van der Waals surface area contributed by atoms with Crippen molar-refractivity contribution in [1.29, 1.82) is 0 Å². The van der Waals surface area contributed by atoms with Gasteiger partial charge in [-0.05, 0) is 30.3 Å². The van der Waals surface area contributed by atoms with Gasteiger partial charge < -0.3 is 25.0 Å². The van der Waals surface area contributed by atoms with Crippen LogP contribution < -0.4 is 20.6 Å². The molecule has 3 aromatic rings. The molecule has 0 aliphatic carbocycles. The van der Waals surface area contributed by atoms with E-state index in [1.807, 2.05) is 10.6 Å². The number of halogens is 4. The second-order valence-corrected chi connectivity index (χ2v) is 5.95. The van der Waals surface area contributed by atoms with E-state index in [1.165, 1.54) is 0 Å². The number of nitrogens with one attached hydrogen (secondary N) is 2. The molecule has 0 fully saturated rings. The first kappa shape index (κ1) is 20.9. The minimum Gasteiger partial charge on any atom is -0.530 e. The number of aromatic nitrogens is 1. The maximum Gasteiger partial charge on any atom is 0.418 e. The highest BCUT2D eigenvalue weighted by molar-refractivity contribution is 6.01. The largest absolute Gasteiger partial charge is 0.530 e. The predicted octanol–water partition coefficient (Wildman–Crippen LogP) is 2.96. The summed E-state index contributed by atoms with van der Waals surface area (Å²) in [5.74, 6) is -1.13. The van der Waals surface area contributed by atoms with Crippen LogP contribution in [0.2, 0.25) is 0 Å². The van der Waals surface area contributed by atoms with Crippen LogP contribution >= 0.6 is 0 Å². The molecular weight excluding hydrogens is 412 g/mol. The van der Waals surface area contributed by atoms with Gasteiger partial charge in [0.15, 0.2) is 5.58 Å². The average Bonchev–Trinajstić information content (AvgIpc) is 3.09. The van der Waals surface area contributed by atoms with Crippen molar-refractivity contribution in [2.75, 3.05) is 23.3 Å². The van der Waals surface area contributed by atoms with Gasteiger partial charge in [0.25, 0.3) is 0 Å². The van der Waals surface area contributed by atoms with Gasteiger partial charge in [0.05, 0.1) is 11.3 Å². The van der Waals surface area contributed by atoms with Gasteiger partial charge in [-0.15, -0.1) is 0 Å². The highest BCUT2D eigenvalue weighted by Crippen LogP contribution is 2.35. The Labute approximate surface area is 166 Å². The van der Waals surface area contributed by atoms with Crippen molar-refractivity contribution < 1.29 is 36.7 Å². The Hall–Kier alpha value is -3.83. The van der Waals surface area contributed by atoms with E-state index in [1.54, 1.807) is 24.3 Å². The smallest absolute Gasteiger partial charge is 0.418 e. The normalized spacial score (nSPS) is 11.3. The number of carbonyl (C=O) groups excluding carboxylic acids is 2. The summed E-state index contributed by atoms with van der Waals surface area (Å²) in [6, 6.07) is 6.84. The lowest BCUT2D eigenvalue weighted by molar-refractivity contribution is -0.250. The summed E-state index contributed by atoms with van der Waals surface area (Å²) in [6.45, 7) is -0.654. The summed E-state index contributed by atoms with van der Waals surface area (Å²) in [7, 11) is 0. The Morgan fingerprint density at radius 2 is 1.90 bits per heavy atom. The van der Waals surface area contributed by atoms with Crippen LogP contribution in [0.5, 0.6) is 0 Å². The number of urea groups is 1. The number of benzene rings is 2. The molecule has 0 saturated carbocycles. The van der Waals surface area contributed by atoms with Crippen LogP contribution in [0, 0.1) is 5.82 Å². The van der Waals surface area contributed by atoms with Crippen LogP contribution in [0.15, 0.2) is 46.9 Å².